The van der Waals surface area contributed by atoms with Crippen LogP contribution in [0.2, 0.25) is 5.02 Å². The molecule has 1 aliphatic rings. The van der Waals surface area contributed by atoms with Crippen LogP contribution in [0.5, 0.6) is 0 Å². The summed E-state index contributed by atoms with van der Waals surface area (Å²) < 4.78 is 0.643. The Balaban J connectivity index is 1.95. The second-order valence-corrected chi connectivity index (χ2v) is 5.58. The van der Waals surface area contributed by atoms with Crippen molar-refractivity contribution >= 4 is 39.6 Å². The van der Waals surface area contributed by atoms with Crippen molar-refractivity contribution in [2.75, 3.05) is 0 Å². The zero-order chi connectivity index (χ0) is 15.3. The van der Waals surface area contributed by atoms with Gasteiger partial charge in [0.05, 0.1) is 5.56 Å². The van der Waals surface area contributed by atoms with E-state index in [0.717, 1.165) is 10.8 Å². The number of ketones is 1. The lowest BCUT2D eigenvalue weighted by atomic mass is 10.00. The highest BCUT2D eigenvalue weighted by atomic mass is 35.5. The van der Waals surface area contributed by atoms with Gasteiger partial charge in [-0.25, -0.2) is 0 Å². The SMILES string of the molecule is O=C1C(c2ccc3ccccc3c2)=[N+]([O-])c2c(Cl)cccc21. The summed E-state index contributed by atoms with van der Waals surface area (Å²) in [7, 11) is 0. The maximum absolute atomic E-state index is 12.6. The third-order valence-electron chi connectivity index (χ3n) is 3.88. The number of hydrogen-bond acceptors (Lipinski definition) is 2. The van der Waals surface area contributed by atoms with Gasteiger partial charge < -0.3 is 5.21 Å². The van der Waals surface area contributed by atoms with E-state index in [2.05, 4.69) is 0 Å². The number of nitrogens with zero attached hydrogens (tertiary/aromatic N) is 1. The van der Waals surface area contributed by atoms with E-state index < -0.39 is 0 Å². The Hall–Kier alpha value is -2.65. The van der Waals surface area contributed by atoms with E-state index in [4.69, 9.17) is 11.6 Å². The first-order valence-corrected chi connectivity index (χ1v) is 7.21. The number of hydrogen-bond donors (Lipinski definition) is 0. The molecular formula is C18H10ClNO2. The van der Waals surface area contributed by atoms with Crippen LogP contribution >= 0.6 is 11.6 Å². The van der Waals surface area contributed by atoms with Crippen LogP contribution in [0.3, 0.4) is 0 Å². The first-order chi connectivity index (χ1) is 10.7. The van der Waals surface area contributed by atoms with Crippen molar-refractivity contribution in [2.24, 2.45) is 0 Å². The topological polar surface area (TPSA) is 43.1 Å². The Morgan fingerprint density at radius 1 is 0.909 bits per heavy atom. The predicted octanol–water partition coefficient (Wildman–Crippen LogP) is 4.32. The van der Waals surface area contributed by atoms with Gasteiger partial charge in [0.1, 0.15) is 10.6 Å². The lowest BCUT2D eigenvalue weighted by molar-refractivity contribution is -0.355. The summed E-state index contributed by atoms with van der Waals surface area (Å²) in [5, 5.41) is 14.9. The molecule has 0 saturated carbocycles. The van der Waals surface area contributed by atoms with Gasteiger partial charge in [0, 0.05) is 0 Å². The Morgan fingerprint density at radius 2 is 1.68 bits per heavy atom. The van der Waals surface area contributed by atoms with Gasteiger partial charge in [-0.2, -0.15) is 4.74 Å². The molecule has 0 aromatic heterocycles. The van der Waals surface area contributed by atoms with E-state index in [-0.39, 0.29) is 22.2 Å². The van der Waals surface area contributed by atoms with Gasteiger partial charge in [0.25, 0.3) is 11.5 Å². The van der Waals surface area contributed by atoms with Crippen LogP contribution < -0.4 is 0 Å². The molecule has 106 valence electrons. The van der Waals surface area contributed by atoms with E-state index in [1.54, 1.807) is 24.3 Å². The van der Waals surface area contributed by atoms with Crippen LogP contribution in [0.25, 0.3) is 10.8 Å². The average Bonchev–Trinajstić information content (AvgIpc) is 2.79. The zero-order valence-corrected chi connectivity index (χ0v) is 12.2. The molecule has 0 aliphatic carbocycles. The van der Waals surface area contributed by atoms with Gasteiger partial charge in [-0.1, -0.05) is 48.0 Å². The molecule has 0 N–H and O–H groups in total. The molecule has 0 atom stereocenters. The van der Waals surface area contributed by atoms with Gasteiger partial charge in [-0.05, 0) is 35.0 Å². The fourth-order valence-corrected chi connectivity index (χ4v) is 3.07. The number of carbonyl (C=O) groups excluding carboxylic acids is 1. The lowest BCUT2D eigenvalue weighted by Gasteiger charge is -2.04. The number of para-hydroxylation sites is 1. The molecule has 0 fully saturated rings. The molecule has 3 nitrogen and oxygen atoms in total. The quantitative estimate of drug-likeness (QED) is 0.496. The van der Waals surface area contributed by atoms with E-state index >= 15 is 0 Å². The normalized spacial score (nSPS) is 13.8. The summed E-state index contributed by atoms with van der Waals surface area (Å²) >= 11 is 6.07. The molecular weight excluding hydrogens is 298 g/mol. The predicted molar refractivity (Wildman–Crippen MR) is 87.1 cm³/mol. The van der Waals surface area contributed by atoms with Crippen molar-refractivity contribution in [2.45, 2.75) is 0 Å². The number of benzene rings is 3. The number of fused-ring (bicyclic) bond motifs is 2. The molecule has 3 aromatic carbocycles. The number of halogens is 1. The average molecular weight is 308 g/mol. The molecule has 0 bridgehead atoms. The Kier molecular flexibility index (Phi) is 2.78. The molecule has 1 aliphatic heterocycles. The Bertz CT molecular complexity index is 976. The van der Waals surface area contributed by atoms with Crippen molar-refractivity contribution in [3.8, 4) is 0 Å². The summed E-state index contributed by atoms with van der Waals surface area (Å²) in [6.45, 7) is 0. The van der Waals surface area contributed by atoms with Crippen molar-refractivity contribution in [3.63, 3.8) is 0 Å². The van der Waals surface area contributed by atoms with Crippen LogP contribution in [0.15, 0.2) is 60.7 Å². The van der Waals surface area contributed by atoms with Crippen LogP contribution in [0.4, 0.5) is 5.69 Å². The molecule has 1 heterocycles. The standard InChI is InChI=1S/C18H10ClNO2/c19-15-7-3-6-14-17(15)20(22)16(18(14)21)13-9-8-11-4-1-2-5-12(11)10-13/h1-10H. The fourth-order valence-electron chi connectivity index (χ4n) is 2.82. The van der Waals surface area contributed by atoms with Gasteiger partial charge in [0.15, 0.2) is 0 Å². The highest BCUT2D eigenvalue weighted by Crippen LogP contribution is 2.34. The van der Waals surface area contributed by atoms with E-state index in [0.29, 0.717) is 15.9 Å². The monoisotopic (exact) mass is 307 g/mol. The van der Waals surface area contributed by atoms with Crippen LogP contribution in [-0.2, 0) is 0 Å². The molecule has 0 radical (unpaired) electrons. The van der Waals surface area contributed by atoms with Crippen molar-refractivity contribution < 1.29 is 9.53 Å². The van der Waals surface area contributed by atoms with E-state index in [9.17, 15) is 10.0 Å². The summed E-state index contributed by atoms with van der Waals surface area (Å²) in [5.41, 5.74) is 1.31. The lowest BCUT2D eigenvalue weighted by Crippen LogP contribution is -2.16. The maximum Gasteiger partial charge on any atom is 0.273 e. The van der Waals surface area contributed by atoms with Crippen molar-refractivity contribution in [1.82, 2.24) is 0 Å². The third-order valence-corrected chi connectivity index (χ3v) is 4.18. The van der Waals surface area contributed by atoms with Crippen molar-refractivity contribution in [3.05, 3.63) is 82.0 Å². The van der Waals surface area contributed by atoms with Crippen molar-refractivity contribution in [1.29, 1.82) is 0 Å². The second kappa shape index (κ2) is 4.68. The van der Waals surface area contributed by atoms with Gasteiger partial charge in [-0.3, -0.25) is 4.79 Å². The number of carbonyl (C=O) groups is 1. The first kappa shape index (κ1) is 13.0. The van der Waals surface area contributed by atoms with Gasteiger partial charge in [0.2, 0.25) is 5.69 Å². The largest absolute Gasteiger partial charge is 0.618 e. The molecule has 4 heteroatoms. The van der Waals surface area contributed by atoms with E-state index in [1.165, 1.54) is 0 Å². The molecule has 0 spiro atoms. The van der Waals surface area contributed by atoms with Gasteiger partial charge >= 0.3 is 0 Å². The van der Waals surface area contributed by atoms with Crippen LogP contribution in [0, 0.1) is 5.21 Å². The Labute approximate surface area is 131 Å². The minimum atomic E-state index is -0.289. The molecule has 0 amide bonds. The van der Waals surface area contributed by atoms with E-state index in [1.807, 2.05) is 36.4 Å². The highest BCUT2D eigenvalue weighted by Gasteiger charge is 2.38. The molecule has 4 rings (SSSR count). The van der Waals surface area contributed by atoms with Crippen LogP contribution in [-0.4, -0.2) is 16.2 Å². The van der Waals surface area contributed by atoms with Gasteiger partial charge in [-0.15, -0.1) is 0 Å². The summed E-state index contributed by atoms with van der Waals surface area (Å²) in [6.07, 6.45) is 0. The molecule has 3 aromatic rings. The maximum atomic E-state index is 12.6. The summed E-state index contributed by atoms with van der Waals surface area (Å²) in [5.74, 6) is -0.289. The summed E-state index contributed by atoms with van der Waals surface area (Å²) in [6, 6.07) is 18.3. The number of rotatable bonds is 1. The Morgan fingerprint density at radius 3 is 2.45 bits per heavy atom. The highest BCUT2D eigenvalue weighted by molar-refractivity contribution is 6.53. The van der Waals surface area contributed by atoms with Crippen LogP contribution in [0.1, 0.15) is 15.9 Å². The number of Topliss-reactive ketones (excluding diaryl/α,β-unsaturated/α-hetero) is 1. The second-order valence-electron chi connectivity index (χ2n) is 5.17. The molecule has 0 unspecified atom stereocenters. The minimum absolute atomic E-state index is 0.119. The molecule has 22 heavy (non-hydrogen) atoms. The third kappa shape index (κ3) is 1.76. The molecule has 0 saturated heterocycles. The smallest absolute Gasteiger partial charge is 0.273 e. The first-order valence-electron chi connectivity index (χ1n) is 6.83. The summed E-state index contributed by atoms with van der Waals surface area (Å²) in [4.78, 5) is 12.6. The minimum Gasteiger partial charge on any atom is -0.618 e. The zero-order valence-electron chi connectivity index (χ0n) is 11.4. The fraction of sp³-hybridized carbons (Fsp3) is 0.